The first kappa shape index (κ1) is 13.4. The minimum atomic E-state index is -0.840. The smallest absolute Gasteiger partial charge is 0.318 e. The van der Waals surface area contributed by atoms with Gasteiger partial charge in [0, 0.05) is 5.39 Å². The average molecular weight is 275 g/mol. The maximum absolute atomic E-state index is 11.3. The standard InChI is InChI=1S/C13H13N3O2S/c1-8-6-12(19-7-11(17)16-13(14)18)15-10-5-3-2-4-9(8)10/h2-6H,7H2,1H3,(H3,14,16,17,18). The summed E-state index contributed by atoms with van der Waals surface area (Å²) in [6.45, 7) is 2.00. The van der Waals surface area contributed by atoms with Gasteiger partial charge in [0.2, 0.25) is 5.91 Å². The monoisotopic (exact) mass is 275 g/mol. The van der Waals surface area contributed by atoms with Crippen LogP contribution < -0.4 is 11.1 Å². The average Bonchev–Trinajstić information content (AvgIpc) is 2.36. The van der Waals surface area contributed by atoms with Crippen LogP contribution in [0.2, 0.25) is 0 Å². The summed E-state index contributed by atoms with van der Waals surface area (Å²) >= 11 is 1.27. The van der Waals surface area contributed by atoms with Crippen molar-refractivity contribution in [3.05, 3.63) is 35.9 Å². The van der Waals surface area contributed by atoms with Crippen LogP contribution >= 0.6 is 11.8 Å². The fourth-order valence-corrected chi connectivity index (χ4v) is 2.48. The van der Waals surface area contributed by atoms with Crippen molar-refractivity contribution < 1.29 is 9.59 Å². The molecule has 0 saturated heterocycles. The SMILES string of the molecule is Cc1cc(SCC(=O)NC(N)=O)nc2ccccc12. The topological polar surface area (TPSA) is 85.1 Å². The zero-order valence-corrected chi connectivity index (χ0v) is 11.2. The Labute approximate surface area is 114 Å². The number of urea groups is 1. The highest BCUT2D eigenvalue weighted by molar-refractivity contribution is 7.99. The number of hydrogen-bond acceptors (Lipinski definition) is 4. The van der Waals surface area contributed by atoms with Crippen molar-refractivity contribution in [1.29, 1.82) is 0 Å². The van der Waals surface area contributed by atoms with Crippen molar-refractivity contribution in [3.63, 3.8) is 0 Å². The summed E-state index contributed by atoms with van der Waals surface area (Å²) in [7, 11) is 0. The minimum absolute atomic E-state index is 0.105. The lowest BCUT2D eigenvalue weighted by atomic mass is 10.1. The molecule has 0 aliphatic rings. The fraction of sp³-hybridized carbons (Fsp3) is 0.154. The number of thioether (sulfide) groups is 1. The molecule has 0 radical (unpaired) electrons. The van der Waals surface area contributed by atoms with Gasteiger partial charge in [0.1, 0.15) is 0 Å². The Balaban J connectivity index is 2.13. The molecule has 0 fully saturated rings. The summed E-state index contributed by atoms with van der Waals surface area (Å²) in [6, 6.07) is 8.90. The number of para-hydroxylation sites is 1. The van der Waals surface area contributed by atoms with Crippen molar-refractivity contribution >= 4 is 34.6 Å². The normalized spacial score (nSPS) is 10.4. The van der Waals surface area contributed by atoms with Gasteiger partial charge in [0.25, 0.3) is 0 Å². The van der Waals surface area contributed by atoms with E-state index in [4.69, 9.17) is 5.73 Å². The van der Waals surface area contributed by atoms with E-state index in [9.17, 15) is 9.59 Å². The van der Waals surface area contributed by atoms with Gasteiger partial charge in [-0.1, -0.05) is 30.0 Å². The van der Waals surface area contributed by atoms with E-state index in [-0.39, 0.29) is 5.75 Å². The molecule has 0 aliphatic carbocycles. The number of pyridine rings is 1. The van der Waals surface area contributed by atoms with E-state index in [1.54, 1.807) is 0 Å². The zero-order valence-electron chi connectivity index (χ0n) is 10.3. The van der Waals surface area contributed by atoms with E-state index in [1.807, 2.05) is 42.6 Å². The number of carbonyl (C=O) groups excluding carboxylic acids is 2. The van der Waals surface area contributed by atoms with Crippen LogP contribution in [0.15, 0.2) is 35.4 Å². The van der Waals surface area contributed by atoms with Gasteiger partial charge in [-0.3, -0.25) is 10.1 Å². The number of carbonyl (C=O) groups is 2. The van der Waals surface area contributed by atoms with E-state index in [1.165, 1.54) is 11.8 Å². The predicted molar refractivity (Wildman–Crippen MR) is 74.9 cm³/mol. The molecule has 0 saturated carbocycles. The largest absolute Gasteiger partial charge is 0.351 e. The molecule has 6 heteroatoms. The molecule has 0 unspecified atom stereocenters. The van der Waals surface area contributed by atoms with Crippen LogP contribution in [0.5, 0.6) is 0 Å². The molecule has 0 atom stereocenters. The number of aromatic nitrogens is 1. The van der Waals surface area contributed by atoms with Crippen LogP contribution in [-0.2, 0) is 4.79 Å². The third-order valence-electron chi connectivity index (χ3n) is 2.51. The highest BCUT2D eigenvalue weighted by Crippen LogP contribution is 2.23. The summed E-state index contributed by atoms with van der Waals surface area (Å²) in [4.78, 5) is 26.3. The lowest BCUT2D eigenvalue weighted by Crippen LogP contribution is -2.36. The van der Waals surface area contributed by atoms with E-state index < -0.39 is 11.9 Å². The molecule has 2 aromatic rings. The van der Waals surface area contributed by atoms with Crippen molar-refractivity contribution in [1.82, 2.24) is 10.3 Å². The number of nitrogens with zero attached hydrogens (tertiary/aromatic N) is 1. The third-order valence-corrected chi connectivity index (χ3v) is 3.42. The molecule has 3 amide bonds. The lowest BCUT2D eigenvalue weighted by molar-refractivity contribution is -0.117. The maximum atomic E-state index is 11.3. The van der Waals surface area contributed by atoms with Crippen LogP contribution in [0.25, 0.3) is 10.9 Å². The molecule has 0 spiro atoms. The molecule has 19 heavy (non-hydrogen) atoms. The third kappa shape index (κ3) is 3.45. The number of rotatable bonds is 3. The van der Waals surface area contributed by atoms with Gasteiger partial charge in [-0.25, -0.2) is 9.78 Å². The van der Waals surface area contributed by atoms with E-state index >= 15 is 0 Å². The van der Waals surface area contributed by atoms with Gasteiger partial charge in [-0.2, -0.15) is 0 Å². The number of nitrogens with two attached hydrogens (primary N) is 1. The summed E-state index contributed by atoms with van der Waals surface area (Å²) in [5, 5.41) is 3.85. The van der Waals surface area contributed by atoms with Crippen molar-refractivity contribution in [2.45, 2.75) is 11.9 Å². The van der Waals surface area contributed by atoms with Crippen molar-refractivity contribution in [2.24, 2.45) is 5.73 Å². The number of nitrogens with one attached hydrogen (secondary N) is 1. The molecule has 1 aromatic heterocycles. The first-order valence-electron chi connectivity index (χ1n) is 5.65. The van der Waals surface area contributed by atoms with Crippen LogP contribution in [0.1, 0.15) is 5.56 Å². The Morgan fingerprint density at radius 1 is 1.37 bits per heavy atom. The Hall–Kier alpha value is -2.08. The van der Waals surface area contributed by atoms with E-state index in [0.29, 0.717) is 0 Å². The Morgan fingerprint density at radius 3 is 2.84 bits per heavy atom. The second kappa shape index (κ2) is 5.71. The first-order chi connectivity index (χ1) is 9.06. The van der Waals surface area contributed by atoms with Crippen LogP contribution in [-0.4, -0.2) is 22.7 Å². The maximum Gasteiger partial charge on any atom is 0.318 e. The highest BCUT2D eigenvalue weighted by atomic mass is 32.2. The molecule has 98 valence electrons. The lowest BCUT2D eigenvalue weighted by Gasteiger charge is -2.05. The minimum Gasteiger partial charge on any atom is -0.351 e. The Kier molecular flexibility index (Phi) is 4.01. The quantitative estimate of drug-likeness (QED) is 0.837. The second-order valence-electron chi connectivity index (χ2n) is 4.00. The number of fused-ring (bicyclic) bond motifs is 1. The summed E-state index contributed by atoms with van der Waals surface area (Å²) in [5.74, 6) is -0.321. The fourth-order valence-electron chi connectivity index (χ4n) is 1.71. The highest BCUT2D eigenvalue weighted by Gasteiger charge is 2.07. The van der Waals surface area contributed by atoms with E-state index in [2.05, 4.69) is 4.98 Å². The number of imide groups is 1. The second-order valence-corrected chi connectivity index (χ2v) is 4.99. The van der Waals surface area contributed by atoms with E-state index in [0.717, 1.165) is 21.5 Å². The summed E-state index contributed by atoms with van der Waals surface area (Å²) in [5.41, 5.74) is 6.85. The van der Waals surface area contributed by atoms with Crippen LogP contribution in [0.4, 0.5) is 4.79 Å². The molecule has 1 heterocycles. The number of hydrogen-bond donors (Lipinski definition) is 2. The van der Waals surface area contributed by atoms with Gasteiger partial charge in [0.15, 0.2) is 0 Å². The van der Waals surface area contributed by atoms with Crippen LogP contribution in [0, 0.1) is 6.92 Å². The number of benzene rings is 1. The number of primary amides is 1. The van der Waals surface area contributed by atoms with Crippen molar-refractivity contribution in [2.75, 3.05) is 5.75 Å². The predicted octanol–water partition coefficient (Wildman–Crippen LogP) is 1.83. The molecular formula is C13H13N3O2S. The molecule has 5 nitrogen and oxygen atoms in total. The Morgan fingerprint density at radius 2 is 2.11 bits per heavy atom. The molecule has 3 N–H and O–H groups in total. The zero-order chi connectivity index (χ0) is 13.8. The van der Waals surface area contributed by atoms with Gasteiger partial charge in [-0.15, -0.1) is 0 Å². The van der Waals surface area contributed by atoms with Gasteiger partial charge >= 0.3 is 6.03 Å². The molecule has 1 aromatic carbocycles. The van der Waals surface area contributed by atoms with Gasteiger partial charge in [0.05, 0.1) is 16.3 Å². The molecule has 0 aliphatic heterocycles. The first-order valence-corrected chi connectivity index (χ1v) is 6.63. The summed E-state index contributed by atoms with van der Waals surface area (Å²) in [6.07, 6.45) is 0. The summed E-state index contributed by atoms with van der Waals surface area (Å²) < 4.78 is 0. The van der Waals surface area contributed by atoms with Gasteiger partial charge in [-0.05, 0) is 24.6 Å². The molecule has 2 rings (SSSR count). The molecule has 0 bridgehead atoms. The van der Waals surface area contributed by atoms with Gasteiger partial charge < -0.3 is 5.73 Å². The number of amides is 3. The Bertz CT molecular complexity index is 643. The number of aryl methyl sites for hydroxylation is 1. The van der Waals surface area contributed by atoms with Crippen molar-refractivity contribution in [3.8, 4) is 0 Å². The molecular weight excluding hydrogens is 262 g/mol. The van der Waals surface area contributed by atoms with Crippen LogP contribution in [0.3, 0.4) is 0 Å².